The largest absolute Gasteiger partial charge is 0.481 e. The summed E-state index contributed by atoms with van der Waals surface area (Å²) in [6, 6.07) is 5.84. The number of carbonyl (C=O) groups excluding carboxylic acids is 1. The first-order chi connectivity index (χ1) is 11.9. The number of carboxylic acids is 2. The highest BCUT2D eigenvalue weighted by Crippen LogP contribution is 2.24. The van der Waals surface area contributed by atoms with E-state index in [2.05, 4.69) is 15.6 Å². The van der Waals surface area contributed by atoms with Gasteiger partial charge in [-0.3, -0.25) is 9.59 Å². The number of carboxylic acid groups (broad SMARTS) is 2. The maximum atomic E-state index is 11.9. The zero-order valence-electron chi connectivity index (χ0n) is 12.9. The first kappa shape index (κ1) is 18.2. The van der Waals surface area contributed by atoms with E-state index in [0.29, 0.717) is 16.2 Å². The summed E-state index contributed by atoms with van der Waals surface area (Å²) in [6.07, 6.45) is -0.548. The second-order valence-corrected chi connectivity index (χ2v) is 6.09. The maximum Gasteiger partial charge on any atom is 0.326 e. The van der Waals surface area contributed by atoms with Crippen molar-refractivity contribution in [2.75, 3.05) is 11.9 Å². The van der Waals surface area contributed by atoms with Crippen LogP contribution in [0.15, 0.2) is 18.2 Å². The van der Waals surface area contributed by atoms with Crippen LogP contribution in [0.25, 0.3) is 10.2 Å². The standard InChI is InChI=1S/C15H14N4O5S/c16-6-13-19-9-2-1-8(5-11(9)25-13)17-7-12(20)18-10(15(23)24)3-4-14(21)22/h1-2,5,10,17H,3-4,7H2,(H,18,20)(H,21,22)(H,23,24). The Morgan fingerprint density at radius 2 is 2.08 bits per heavy atom. The average molecular weight is 362 g/mol. The molecular formula is C15H14N4O5S. The predicted molar refractivity (Wildman–Crippen MR) is 89.3 cm³/mol. The highest BCUT2D eigenvalue weighted by molar-refractivity contribution is 7.19. The van der Waals surface area contributed by atoms with E-state index < -0.39 is 23.9 Å². The smallest absolute Gasteiger partial charge is 0.326 e. The SMILES string of the molecule is N#Cc1nc2ccc(NCC(=O)NC(CCC(=O)O)C(=O)O)cc2s1. The van der Waals surface area contributed by atoms with Crippen LogP contribution >= 0.6 is 11.3 Å². The van der Waals surface area contributed by atoms with Crippen LogP contribution in [-0.2, 0) is 14.4 Å². The zero-order chi connectivity index (χ0) is 18.4. The van der Waals surface area contributed by atoms with E-state index in [4.69, 9.17) is 15.5 Å². The van der Waals surface area contributed by atoms with Gasteiger partial charge in [-0.05, 0) is 24.6 Å². The van der Waals surface area contributed by atoms with E-state index in [9.17, 15) is 14.4 Å². The minimum atomic E-state index is -1.29. The molecule has 0 aliphatic heterocycles. The van der Waals surface area contributed by atoms with E-state index in [1.54, 1.807) is 18.2 Å². The Bertz CT molecular complexity index is 857. The fraction of sp³-hybridized carbons (Fsp3) is 0.267. The average Bonchev–Trinajstić information content (AvgIpc) is 2.98. The number of benzene rings is 1. The number of carbonyl (C=O) groups is 3. The molecule has 1 amide bonds. The van der Waals surface area contributed by atoms with Gasteiger partial charge in [0, 0.05) is 12.1 Å². The van der Waals surface area contributed by atoms with Crippen molar-refractivity contribution in [2.24, 2.45) is 0 Å². The highest BCUT2D eigenvalue weighted by Gasteiger charge is 2.20. The first-order valence-electron chi connectivity index (χ1n) is 7.17. The van der Waals surface area contributed by atoms with Gasteiger partial charge in [0.15, 0.2) is 5.01 Å². The Morgan fingerprint density at radius 1 is 1.32 bits per heavy atom. The van der Waals surface area contributed by atoms with Crippen LogP contribution in [0, 0.1) is 11.3 Å². The second-order valence-electron chi connectivity index (χ2n) is 5.06. The Balaban J connectivity index is 1.93. The summed E-state index contributed by atoms with van der Waals surface area (Å²) in [5, 5.41) is 31.9. The fourth-order valence-corrected chi connectivity index (χ4v) is 2.84. The lowest BCUT2D eigenvalue weighted by Crippen LogP contribution is -2.43. The molecule has 1 aromatic heterocycles. The van der Waals surface area contributed by atoms with Crippen molar-refractivity contribution in [1.82, 2.24) is 10.3 Å². The number of aromatic nitrogens is 1. The van der Waals surface area contributed by atoms with Gasteiger partial charge in [0.05, 0.1) is 16.8 Å². The summed E-state index contributed by atoms with van der Waals surface area (Å²) >= 11 is 1.22. The highest BCUT2D eigenvalue weighted by atomic mass is 32.1. The van der Waals surface area contributed by atoms with Gasteiger partial charge in [-0.25, -0.2) is 9.78 Å². The third-order valence-electron chi connectivity index (χ3n) is 3.22. The number of fused-ring (bicyclic) bond motifs is 1. The number of hydrogen-bond acceptors (Lipinski definition) is 7. The summed E-state index contributed by atoms with van der Waals surface area (Å²) in [6.45, 7) is -0.174. The van der Waals surface area contributed by atoms with Crippen LogP contribution in [0.2, 0.25) is 0 Å². The number of aliphatic carboxylic acids is 2. The third kappa shape index (κ3) is 5.15. The predicted octanol–water partition coefficient (Wildman–Crippen LogP) is 1.01. The monoisotopic (exact) mass is 362 g/mol. The number of nitrogens with zero attached hydrogens (tertiary/aromatic N) is 2. The van der Waals surface area contributed by atoms with Crippen LogP contribution < -0.4 is 10.6 Å². The lowest BCUT2D eigenvalue weighted by atomic mass is 10.1. The maximum absolute atomic E-state index is 11.9. The van der Waals surface area contributed by atoms with E-state index >= 15 is 0 Å². The van der Waals surface area contributed by atoms with Crippen LogP contribution in [0.3, 0.4) is 0 Å². The molecule has 0 saturated heterocycles. The zero-order valence-corrected chi connectivity index (χ0v) is 13.7. The van der Waals surface area contributed by atoms with Crippen molar-refractivity contribution in [3.63, 3.8) is 0 Å². The van der Waals surface area contributed by atoms with Crippen LogP contribution in [-0.4, -0.2) is 45.6 Å². The summed E-state index contributed by atoms with van der Waals surface area (Å²) < 4.78 is 0.784. The quantitative estimate of drug-likeness (QED) is 0.543. The number of amides is 1. The van der Waals surface area contributed by atoms with Gasteiger partial charge in [-0.15, -0.1) is 11.3 Å². The molecule has 1 aromatic carbocycles. The van der Waals surface area contributed by atoms with Gasteiger partial charge >= 0.3 is 11.9 Å². The van der Waals surface area contributed by atoms with Crippen molar-refractivity contribution in [3.8, 4) is 6.07 Å². The number of anilines is 1. The molecule has 0 aliphatic rings. The molecule has 130 valence electrons. The molecule has 10 heteroatoms. The van der Waals surface area contributed by atoms with Crippen molar-refractivity contribution < 1.29 is 24.6 Å². The van der Waals surface area contributed by atoms with Gasteiger partial charge in [0.25, 0.3) is 0 Å². The number of nitrogens with one attached hydrogen (secondary N) is 2. The molecule has 9 nitrogen and oxygen atoms in total. The van der Waals surface area contributed by atoms with E-state index in [-0.39, 0.29) is 19.4 Å². The summed E-state index contributed by atoms with van der Waals surface area (Å²) in [5.41, 5.74) is 1.30. The number of nitriles is 1. The second kappa shape index (κ2) is 8.07. The Labute approximate surface area is 145 Å². The molecule has 2 rings (SSSR count). The van der Waals surface area contributed by atoms with E-state index in [1.807, 2.05) is 6.07 Å². The van der Waals surface area contributed by atoms with E-state index in [1.165, 1.54) is 11.3 Å². The topological polar surface area (TPSA) is 152 Å². The van der Waals surface area contributed by atoms with Crippen LogP contribution in [0.4, 0.5) is 5.69 Å². The Kier molecular flexibility index (Phi) is 5.86. The third-order valence-corrected chi connectivity index (χ3v) is 4.14. The molecule has 0 spiro atoms. The van der Waals surface area contributed by atoms with Crippen molar-refractivity contribution in [2.45, 2.75) is 18.9 Å². The first-order valence-corrected chi connectivity index (χ1v) is 7.99. The Morgan fingerprint density at radius 3 is 2.72 bits per heavy atom. The molecular weight excluding hydrogens is 348 g/mol. The van der Waals surface area contributed by atoms with Crippen LogP contribution in [0.1, 0.15) is 17.8 Å². The van der Waals surface area contributed by atoms with Crippen LogP contribution in [0.5, 0.6) is 0 Å². The molecule has 25 heavy (non-hydrogen) atoms. The lowest BCUT2D eigenvalue weighted by Gasteiger charge is -2.14. The van der Waals surface area contributed by atoms with Gasteiger partial charge in [0.1, 0.15) is 12.1 Å². The molecule has 1 heterocycles. The van der Waals surface area contributed by atoms with E-state index in [0.717, 1.165) is 4.70 Å². The minimum absolute atomic E-state index is 0.174. The molecule has 1 unspecified atom stereocenters. The number of hydrogen-bond donors (Lipinski definition) is 4. The van der Waals surface area contributed by atoms with Crippen molar-refractivity contribution in [3.05, 3.63) is 23.2 Å². The molecule has 4 N–H and O–H groups in total. The molecule has 0 fully saturated rings. The Hall–Kier alpha value is -3.19. The number of thiazole rings is 1. The minimum Gasteiger partial charge on any atom is -0.481 e. The molecule has 0 aliphatic carbocycles. The van der Waals surface area contributed by atoms with Gasteiger partial charge in [0.2, 0.25) is 5.91 Å². The molecule has 0 saturated carbocycles. The number of rotatable bonds is 8. The summed E-state index contributed by atoms with van der Waals surface area (Å²) in [4.78, 5) is 37.5. The lowest BCUT2D eigenvalue weighted by molar-refractivity contribution is -0.142. The summed E-state index contributed by atoms with van der Waals surface area (Å²) in [5.74, 6) is -2.99. The van der Waals surface area contributed by atoms with Crippen molar-refractivity contribution in [1.29, 1.82) is 5.26 Å². The fourth-order valence-electron chi connectivity index (χ4n) is 2.04. The molecule has 2 aromatic rings. The van der Waals surface area contributed by atoms with Gasteiger partial charge < -0.3 is 20.8 Å². The molecule has 0 radical (unpaired) electrons. The summed E-state index contributed by atoms with van der Waals surface area (Å²) in [7, 11) is 0. The molecule has 0 bridgehead atoms. The molecule has 1 atom stereocenters. The van der Waals surface area contributed by atoms with Crippen molar-refractivity contribution >= 4 is 45.1 Å². The van der Waals surface area contributed by atoms with Gasteiger partial charge in [-0.1, -0.05) is 0 Å². The van der Waals surface area contributed by atoms with Gasteiger partial charge in [-0.2, -0.15) is 5.26 Å². The normalized spacial score (nSPS) is 11.5.